The maximum absolute atomic E-state index is 12.5. The normalized spacial score (nSPS) is 32.0. The maximum atomic E-state index is 12.5. The number of hydrogen-bond donors (Lipinski definition) is 2. The van der Waals surface area contributed by atoms with Crippen molar-refractivity contribution in [3.63, 3.8) is 0 Å². The number of benzene rings is 1. The second-order valence-electron chi connectivity index (χ2n) is 9.08. The zero-order chi connectivity index (χ0) is 19.0. The van der Waals surface area contributed by atoms with E-state index in [2.05, 4.69) is 10.6 Å². The Hall–Kier alpha value is -1.91. The molecule has 4 bridgehead atoms. The number of rotatable bonds is 6. The lowest BCUT2D eigenvalue weighted by molar-refractivity contribution is -0.0498. The summed E-state index contributed by atoms with van der Waals surface area (Å²) in [6, 6.07) is 5.59. The number of amides is 2. The molecule has 1 aromatic carbocycles. The molecule has 5 heteroatoms. The Balaban J connectivity index is 1.33. The number of urea groups is 1. The van der Waals surface area contributed by atoms with Gasteiger partial charge in [-0.3, -0.25) is 0 Å². The SMILES string of the molecule is COc1ccc(C(C)NC(=O)NCC23CC4CC(CC(C4)C2)C3)cc1OC. The van der Waals surface area contributed by atoms with Gasteiger partial charge in [0.05, 0.1) is 20.3 Å². The third-order valence-corrected chi connectivity index (χ3v) is 7.04. The van der Waals surface area contributed by atoms with Crippen LogP contribution in [0.4, 0.5) is 4.79 Å². The first-order valence-electron chi connectivity index (χ1n) is 10.3. The molecule has 148 valence electrons. The van der Waals surface area contributed by atoms with Gasteiger partial charge in [-0.25, -0.2) is 4.79 Å². The van der Waals surface area contributed by atoms with Crippen LogP contribution in [0, 0.1) is 23.2 Å². The van der Waals surface area contributed by atoms with Crippen LogP contribution in [0.15, 0.2) is 18.2 Å². The van der Waals surface area contributed by atoms with E-state index in [4.69, 9.17) is 9.47 Å². The lowest BCUT2D eigenvalue weighted by Gasteiger charge is -2.56. The highest BCUT2D eigenvalue weighted by Crippen LogP contribution is 2.59. The standard InChI is InChI=1S/C22H32N2O3/c1-14(18-4-5-19(26-2)20(9-18)27-3)24-21(25)23-13-22-10-15-6-16(11-22)8-17(7-15)12-22/h4-5,9,14-17H,6-8,10-13H2,1-3H3,(H2,23,24,25). The molecule has 5 rings (SSSR count). The van der Waals surface area contributed by atoms with Crippen LogP contribution in [0.3, 0.4) is 0 Å². The van der Waals surface area contributed by atoms with Crippen molar-refractivity contribution in [1.29, 1.82) is 0 Å². The van der Waals surface area contributed by atoms with Crippen LogP contribution in [0.2, 0.25) is 0 Å². The average molecular weight is 373 g/mol. The predicted octanol–water partition coefficient (Wildman–Crippen LogP) is 4.28. The van der Waals surface area contributed by atoms with Gasteiger partial charge in [-0.1, -0.05) is 6.07 Å². The molecule has 4 saturated carbocycles. The Morgan fingerprint density at radius 3 is 2.22 bits per heavy atom. The summed E-state index contributed by atoms with van der Waals surface area (Å²) in [5, 5.41) is 6.26. The molecule has 0 aliphatic heterocycles. The van der Waals surface area contributed by atoms with Gasteiger partial charge in [-0.2, -0.15) is 0 Å². The van der Waals surface area contributed by atoms with Gasteiger partial charge < -0.3 is 20.1 Å². The number of nitrogens with one attached hydrogen (secondary N) is 2. The van der Waals surface area contributed by atoms with Gasteiger partial charge in [-0.05, 0) is 86.3 Å². The molecular weight excluding hydrogens is 340 g/mol. The molecule has 5 nitrogen and oxygen atoms in total. The molecule has 4 fully saturated rings. The molecule has 0 spiro atoms. The van der Waals surface area contributed by atoms with Gasteiger partial charge in [0.25, 0.3) is 0 Å². The summed E-state index contributed by atoms with van der Waals surface area (Å²) in [6.45, 7) is 2.81. The Bertz CT molecular complexity index is 668. The fraction of sp³-hybridized carbons (Fsp3) is 0.682. The first kappa shape index (κ1) is 18.5. The molecule has 4 aliphatic rings. The molecular formula is C22H32N2O3. The number of ether oxygens (including phenoxy) is 2. The average Bonchev–Trinajstić information content (AvgIpc) is 2.64. The van der Waals surface area contributed by atoms with Crippen LogP contribution >= 0.6 is 0 Å². The Morgan fingerprint density at radius 1 is 1.07 bits per heavy atom. The minimum Gasteiger partial charge on any atom is -0.493 e. The van der Waals surface area contributed by atoms with Crippen molar-refractivity contribution >= 4 is 6.03 Å². The topological polar surface area (TPSA) is 59.6 Å². The van der Waals surface area contributed by atoms with E-state index in [1.165, 1.54) is 38.5 Å². The van der Waals surface area contributed by atoms with Crippen molar-refractivity contribution in [2.24, 2.45) is 23.2 Å². The summed E-state index contributed by atoms with van der Waals surface area (Å²) in [4.78, 5) is 12.5. The van der Waals surface area contributed by atoms with Crippen LogP contribution in [0.25, 0.3) is 0 Å². The lowest BCUT2D eigenvalue weighted by Crippen LogP contribution is -2.52. The fourth-order valence-corrected chi connectivity index (χ4v) is 6.23. The zero-order valence-corrected chi connectivity index (χ0v) is 16.7. The molecule has 1 aromatic rings. The highest BCUT2D eigenvalue weighted by molar-refractivity contribution is 5.74. The predicted molar refractivity (Wildman–Crippen MR) is 105 cm³/mol. The van der Waals surface area contributed by atoms with Gasteiger partial charge in [0.2, 0.25) is 0 Å². The van der Waals surface area contributed by atoms with E-state index in [1.807, 2.05) is 25.1 Å². The molecule has 2 amide bonds. The zero-order valence-electron chi connectivity index (χ0n) is 16.7. The van der Waals surface area contributed by atoms with Gasteiger partial charge in [0, 0.05) is 6.54 Å². The molecule has 27 heavy (non-hydrogen) atoms. The minimum absolute atomic E-state index is 0.0759. The number of hydrogen-bond acceptors (Lipinski definition) is 3. The van der Waals surface area contributed by atoms with Crippen molar-refractivity contribution in [3.8, 4) is 11.5 Å². The van der Waals surface area contributed by atoms with Gasteiger partial charge >= 0.3 is 6.03 Å². The lowest BCUT2D eigenvalue weighted by atomic mass is 9.49. The van der Waals surface area contributed by atoms with Gasteiger partial charge in [0.1, 0.15) is 0 Å². The first-order chi connectivity index (χ1) is 13.0. The third kappa shape index (κ3) is 3.74. The molecule has 0 saturated heterocycles. The Morgan fingerprint density at radius 2 is 1.67 bits per heavy atom. The smallest absolute Gasteiger partial charge is 0.315 e. The molecule has 0 heterocycles. The van der Waals surface area contributed by atoms with E-state index in [1.54, 1.807) is 14.2 Å². The highest BCUT2D eigenvalue weighted by Gasteiger charge is 2.50. The van der Waals surface area contributed by atoms with Crippen LogP contribution in [0.1, 0.15) is 57.1 Å². The van der Waals surface area contributed by atoms with Crippen molar-refractivity contribution in [3.05, 3.63) is 23.8 Å². The molecule has 0 aromatic heterocycles. The maximum Gasteiger partial charge on any atom is 0.315 e. The third-order valence-electron chi connectivity index (χ3n) is 7.04. The summed E-state index contributed by atoms with van der Waals surface area (Å²) in [7, 11) is 3.25. The molecule has 2 N–H and O–H groups in total. The summed E-state index contributed by atoms with van der Waals surface area (Å²) >= 11 is 0. The summed E-state index contributed by atoms with van der Waals surface area (Å²) < 4.78 is 10.6. The number of carbonyl (C=O) groups excluding carboxylic acids is 1. The Kier molecular flexibility index (Phi) is 4.95. The van der Waals surface area contributed by atoms with Crippen LogP contribution in [0.5, 0.6) is 11.5 Å². The van der Waals surface area contributed by atoms with Crippen molar-refractivity contribution in [1.82, 2.24) is 10.6 Å². The van der Waals surface area contributed by atoms with Crippen LogP contribution < -0.4 is 20.1 Å². The minimum atomic E-state index is -0.0961. The van der Waals surface area contributed by atoms with Gasteiger partial charge in [0.15, 0.2) is 11.5 Å². The van der Waals surface area contributed by atoms with Crippen LogP contribution in [-0.2, 0) is 0 Å². The van der Waals surface area contributed by atoms with E-state index in [0.717, 1.165) is 29.9 Å². The fourth-order valence-electron chi connectivity index (χ4n) is 6.23. The van der Waals surface area contributed by atoms with Crippen molar-refractivity contribution < 1.29 is 14.3 Å². The molecule has 0 radical (unpaired) electrons. The molecule has 4 aliphatic carbocycles. The monoisotopic (exact) mass is 372 g/mol. The second kappa shape index (κ2) is 7.25. The quantitative estimate of drug-likeness (QED) is 0.783. The van der Waals surface area contributed by atoms with E-state index >= 15 is 0 Å². The van der Waals surface area contributed by atoms with Crippen molar-refractivity contribution in [2.75, 3.05) is 20.8 Å². The Labute approximate surface area is 162 Å². The highest BCUT2D eigenvalue weighted by atomic mass is 16.5. The molecule has 1 atom stereocenters. The van der Waals surface area contributed by atoms with E-state index in [9.17, 15) is 4.79 Å². The first-order valence-corrected chi connectivity index (χ1v) is 10.3. The largest absolute Gasteiger partial charge is 0.493 e. The summed E-state index contributed by atoms with van der Waals surface area (Å²) in [5.41, 5.74) is 1.36. The van der Waals surface area contributed by atoms with Gasteiger partial charge in [-0.15, -0.1) is 0 Å². The van der Waals surface area contributed by atoms with E-state index in [0.29, 0.717) is 16.9 Å². The van der Waals surface area contributed by atoms with E-state index < -0.39 is 0 Å². The van der Waals surface area contributed by atoms with E-state index in [-0.39, 0.29) is 12.1 Å². The van der Waals surface area contributed by atoms with Crippen LogP contribution in [-0.4, -0.2) is 26.8 Å². The number of carbonyl (C=O) groups is 1. The summed E-state index contributed by atoms with van der Waals surface area (Å²) in [5.74, 6) is 4.10. The second-order valence-corrected chi connectivity index (χ2v) is 9.08. The number of methoxy groups -OCH3 is 2. The molecule has 1 unspecified atom stereocenters. The summed E-state index contributed by atoms with van der Waals surface area (Å²) in [6.07, 6.45) is 8.23. The van der Waals surface area contributed by atoms with Crippen molar-refractivity contribution in [2.45, 2.75) is 51.5 Å².